The van der Waals surface area contributed by atoms with Crippen LogP contribution in [0.5, 0.6) is 0 Å². The Bertz CT molecular complexity index is 136. The van der Waals surface area contributed by atoms with E-state index >= 15 is 0 Å². The van der Waals surface area contributed by atoms with Crippen molar-refractivity contribution >= 4 is 8.80 Å². The highest BCUT2D eigenvalue weighted by molar-refractivity contribution is 6.64. The maximum Gasteiger partial charge on any atom is 0.504 e. The number of rotatable bonds is 10. The van der Waals surface area contributed by atoms with Gasteiger partial charge in [-0.15, -0.1) is 0 Å². The minimum atomic E-state index is -2.44. The van der Waals surface area contributed by atoms with Gasteiger partial charge < -0.3 is 13.3 Å². The van der Waals surface area contributed by atoms with Crippen LogP contribution >= 0.6 is 0 Å². The molecule has 0 aliphatic rings. The van der Waals surface area contributed by atoms with Crippen molar-refractivity contribution in [2.75, 3.05) is 20.3 Å². The molecule has 0 rings (SSSR count). The first-order valence-electron chi connectivity index (χ1n) is 5.92. The maximum absolute atomic E-state index is 5.64. The minimum absolute atomic E-state index is 0.643. The first kappa shape index (κ1) is 15.1. The molecule has 0 amide bonds. The van der Waals surface area contributed by atoms with Crippen molar-refractivity contribution in [1.82, 2.24) is 0 Å². The highest BCUT2D eigenvalue weighted by Crippen LogP contribution is 2.16. The second-order valence-corrected chi connectivity index (χ2v) is 5.97. The van der Waals surface area contributed by atoms with Crippen LogP contribution in [0, 0.1) is 6.04 Å². The second-order valence-electron chi connectivity index (χ2n) is 3.37. The van der Waals surface area contributed by atoms with Crippen molar-refractivity contribution in [3.8, 4) is 0 Å². The van der Waals surface area contributed by atoms with E-state index in [0.29, 0.717) is 13.2 Å². The van der Waals surface area contributed by atoms with Crippen LogP contribution in [0.2, 0.25) is 0 Å². The van der Waals surface area contributed by atoms with E-state index in [0.717, 1.165) is 6.42 Å². The zero-order chi connectivity index (χ0) is 11.6. The van der Waals surface area contributed by atoms with Crippen molar-refractivity contribution in [3.05, 3.63) is 6.04 Å². The van der Waals surface area contributed by atoms with Crippen LogP contribution in [-0.2, 0) is 13.3 Å². The van der Waals surface area contributed by atoms with Gasteiger partial charge in [-0.2, -0.15) is 0 Å². The summed E-state index contributed by atoms with van der Waals surface area (Å²) in [6.07, 6.45) is 4.70. The molecule has 0 aromatic rings. The van der Waals surface area contributed by atoms with Crippen molar-refractivity contribution in [1.29, 1.82) is 0 Å². The van der Waals surface area contributed by atoms with E-state index in [-0.39, 0.29) is 0 Å². The smallest absolute Gasteiger partial charge is 0.377 e. The Morgan fingerprint density at radius 3 is 2.00 bits per heavy atom. The average molecular weight is 233 g/mol. The van der Waals surface area contributed by atoms with Crippen molar-refractivity contribution in [2.24, 2.45) is 0 Å². The van der Waals surface area contributed by atoms with E-state index in [9.17, 15) is 0 Å². The highest BCUT2D eigenvalue weighted by Gasteiger charge is 2.38. The topological polar surface area (TPSA) is 27.7 Å². The molecule has 0 atom stereocenters. The van der Waals surface area contributed by atoms with E-state index in [1.807, 2.05) is 13.8 Å². The summed E-state index contributed by atoms with van der Waals surface area (Å²) in [7, 11) is -0.770. The largest absolute Gasteiger partial charge is 0.504 e. The van der Waals surface area contributed by atoms with Gasteiger partial charge in [-0.25, -0.2) is 0 Å². The molecule has 15 heavy (non-hydrogen) atoms. The molecule has 0 aliphatic carbocycles. The normalized spacial score (nSPS) is 12.0. The molecule has 0 N–H and O–H groups in total. The molecule has 0 aliphatic heterocycles. The van der Waals surface area contributed by atoms with Crippen LogP contribution in [0.3, 0.4) is 0 Å². The first-order valence-corrected chi connectivity index (χ1v) is 7.72. The molecule has 1 radical (unpaired) electrons. The van der Waals surface area contributed by atoms with E-state index in [1.54, 1.807) is 7.11 Å². The summed E-state index contributed by atoms with van der Waals surface area (Å²) in [5.41, 5.74) is 0. The summed E-state index contributed by atoms with van der Waals surface area (Å²) in [5, 5.41) is 0. The van der Waals surface area contributed by atoms with Crippen LogP contribution in [0.25, 0.3) is 0 Å². The van der Waals surface area contributed by atoms with E-state index in [1.165, 1.54) is 19.3 Å². The van der Waals surface area contributed by atoms with Crippen LogP contribution in [0.15, 0.2) is 0 Å². The average Bonchev–Trinajstić information content (AvgIpc) is 2.25. The Labute approximate surface area is 95.5 Å². The molecule has 0 heterocycles. The van der Waals surface area contributed by atoms with Gasteiger partial charge in [0.2, 0.25) is 0 Å². The second kappa shape index (κ2) is 9.33. The monoisotopic (exact) mass is 233 g/mol. The zero-order valence-corrected chi connectivity index (χ0v) is 11.5. The molecular formula is C11H25O3Si. The fourth-order valence-electron chi connectivity index (χ4n) is 1.44. The van der Waals surface area contributed by atoms with Gasteiger partial charge in [0.25, 0.3) is 0 Å². The summed E-state index contributed by atoms with van der Waals surface area (Å²) in [4.78, 5) is 0. The minimum Gasteiger partial charge on any atom is -0.377 e. The predicted octanol–water partition coefficient (Wildman–Crippen LogP) is 2.97. The van der Waals surface area contributed by atoms with Gasteiger partial charge in [0.1, 0.15) is 0 Å². The lowest BCUT2D eigenvalue weighted by molar-refractivity contribution is 0.0941. The maximum atomic E-state index is 5.64. The molecule has 0 fully saturated rings. The van der Waals surface area contributed by atoms with Crippen molar-refractivity contribution in [2.45, 2.75) is 46.5 Å². The van der Waals surface area contributed by atoms with Crippen LogP contribution in [0.1, 0.15) is 46.5 Å². The predicted molar refractivity (Wildman–Crippen MR) is 64.5 cm³/mol. The van der Waals surface area contributed by atoms with Crippen LogP contribution in [-0.4, -0.2) is 29.1 Å². The third-order valence-electron chi connectivity index (χ3n) is 2.18. The molecular weight excluding hydrogens is 208 g/mol. The fraction of sp³-hybridized carbons (Fsp3) is 0.909. The SMILES string of the molecule is CCCCC[CH][Si](OC)(OCC)OCC. The summed E-state index contributed by atoms with van der Waals surface area (Å²) in [5.74, 6) is 0. The lowest BCUT2D eigenvalue weighted by Gasteiger charge is -2.26. The van der Waals surface area contributed by atoms with Gasteiger partial charge in [0, 0.05) is 26.4 Å². The molecule has 4 heteroatoms. The fourth-order valence-corrected chi connectivity index (χ4v) is 3.52. The van der Waals surface area contributed by atoms with Gasteiger partial charge in [-0.3, -0.25) is 0 Å². The first-order chi connectivity index (χ1) is 7.24. The highest BCUT2D eigenvalue weighted by atomic mass is 28.4. The Hall–Kier alpha value is 0.0969. The lowest BCUT2D eigenvalue weighted by atomic mass is 10.2. The molecule has 0 saturated carbocycles. The Morgan fingerprint density at radius 1 is 1.00 bits per heavy atom. The molecule has 0 bridgehead atoms. The van der Waals surface area contributed by atoms with Gasteiger partial charge in [0.15, 0.2) is 0 Å². The van der Waals surface area contributed by atoms with Crippen LogP contribution in [0.4, 0.5) is 0 Å². The van der Waals surface area contributed by atoms with Crippen molar-refractivity contribution < 1.29 is 13.3 Å². The van der Waals surface area contributed by atoms with Gasteiger partial charge in [-0.05, 0) is 20.3 Å². The van der Waals surface area contributed by atoms with Crippen LogP contribution < -0.4 is 0 Å². The molecule has 0 saturated heterocycles. The number of unbranched alkanes of at least 4 members (excludes halogenated alkanes) is 3. The Kier molecular flexibility index (Phi) is 9.39. The van der Waals surface area contributed by atoms with Gasteiger partial charge in [-0.1, -0.05) is 26.2 Å². The molecule has 0 unspecified atom stereocenters. The molecule has 0 spiro atoms. The van der Waals surface area contributed by atoms with Gasteiger partial charge >= 0.3 is 8.80 Å². The van der Waals surface area contributed by atoms with Crippen molar-refractivity contribution in [3.63, 3.8) is 0 Å². The standard InChI is InChI=1S/C11H25O3Si/c1-5-8-9-10-11-15(12-4,13-6-2)14-7-3/h11H,5-10H2,1-4H3. The summed E-state index contributed by atoms with van der Waals surface area (Å²) >= 11 is 0. The molecule has 91 valence electrons. The lowest BCUT2D eigenvalue weighted by Crippen LogP contribution is -2.46. The van der Waals surface area contributed by atoms with E-state index < -0.39 is 8.80 Å². The third kappa shape index (κ3) is 6.30. The summed E-state index contributed by atoms with van der Waals surface area (Å²) in [6, 6.07) is 2.12. The van der Waals surface area contributed by atoms with E-state index in [4.69, 9.17) is 13.3 Å². The Morgan fingerprint density at radius 2 is 1.60 bits per heavy atom. The van der Waals surface area contributed by atoms with E-state index in [2.05, 4.69) is 13.0 Å². The summed E-state index contributed by atoms with van der Waals surface area (Å²) in [6.45, 7) is 7.43. The third-order valence-corrected chi connectivity index (χ3v) is 4.92. The molecule has 3 nitrogen and oxygen atoms in total. The summed E-state index contributed by atoms with van der Waals surface area (Å²) < 4.78 is 16.7. The number of hydrogen-bond donors (Lipinski definition) is 0. The molecule has 0 aromatic carbocycles. The number of hydrogen-bond acceptors (Lipinski definition) is 3. The zero-order valence-electron chi connectivity index (χ0n) is 10.5. The Balaban J connectivity index is 3.96. The quantitative estimate of drug-likeness (QED) is 0.429. The molecule has 0 aromatic heterocycles. The van der Waals surface area contributed by atoms with Gasteiger partial charge in [0.05, 0.1) is 0 Å².